The normalized spacial score (nSPS) is 11.9. The fraction of sp³-hybridized carbons (Fsp3) is 0.227. The molecule has 7 rings (SSSR count). The van der Waals surface area contributed by atoms with Gasteiger partial charge in [-0.3, -0.25) is 9.13 Å². The van der Waals surface area contributed by atoms with E-state index in [4.69, 9.17) is 28.9 Å². The lowest BCUT2D eigenvalue weighted by molar-refractivity contribution is 0.0528. The fourth-order valence-electron chi connectivity index (χ4n) is 6.53. The van der Waals surface area contributed by atoms with Crippen molar-refractivity contribution < 1.29 is 28.5 Å². The van der Waals surface area contributed by atoms with Crippen molar-refractivity contribution in [2.75, 3.05) is 14.2 Å². The Morgan fingerprint density at radius 3 is 1.24 bits per heavy atom. The van der Waals surface area contributed by atoms with Gasteiger partial charge in [-0.1, -0.05) is 36.4 Å². The highest BCUT2D eigenvalue weighted by molar-refractivity contribution is 6.04. The first-order valence-corrected chi connectivity index (χ1v) is 17.6. The standard InChI is InChI=1S/C44H42N4O6/c1-43(2,3)53-41(49)47-25-11-17-35(47)31-15-9-13-29(39(31)51-7)33-23-21-27-19-20-28-22-24-34(46-38(28)37(27)45-33)30-14-10-16-32(40(30)52-8)36-18-12-26-48(36)42(50)54-44(4,5)6/h9-26H,1-8H3. The minimum atomic E-state index is -0.655. The van der Waals surface area contributed by atoms with Crippen molar-refractivity contribution in [3.63, 3.8) is 0 Å². The predicted octanol–water partition coefficient (Wildman–Crippen LogP) is 10.6. The zero-order valence-electron chi connectivity index (χ0n) is 31.6. The van der Waals surface area contributed by atoms with Crippen molar-refractivity contribution in [2.24, 2.45) is 0 Å². The van der Waals surface area contributed by atoms with Gasteiger partial charge in [-0.15, -0.1) is 0 Å². The summed E-state index contributed by atoms with van der Waals surface area (Å²) in [6.45, 7) is 11.0. The van der Waals surface area contributed by atoms with Crippen LogP contribution >= 0.6 is 0 Å². The number of methoxy groups -OCH3 is 2. The fourth-order valence-corrected chi connectivity index (χ4v) is 6.53. The van der Waals surface area contributed by atoms with Crippen LogP contribution in [0.3, 0.4) is 0 Å². The van der Waals surface area contributed by atoms with Crippen LogP contribution in [0.25, 0.3) is 66.8 Å². The maximum absolute atomic E-state index is 13.1. The largest absolute Gasteiger partial charge is 0.495 e. The number of para-hydroxylation sites is 2. The van der Waals surface area contributed by atoms with Crippen LogP contribution in [-0.4, -0.2) is 56.7 Å². The Morgan fingerprint density at radius 2 is 0.870 bits per heavy atom. The third-order valence-corrected chi connectivity index (χ3v) is 8.74. The maximum Gasteiger partial charge on any atom is 0.418 e. The molecule has 0 saturated carbocycles. The topological polar surface area (TPSA) is 107 Å². The molecule has 54 heavy (non-hydrogen) atoms. The van der Waals surface area contributed by atoms with Gasteiger partial charge < -0.3 is 18.9 Å². The molecule has 3 aromatic carbocycles. The number of carbonyl (C=O) groups is 2. The van der Waals surface area contributed by atoms with Gasteiger partial charge in [0.15, 0.2) is 0 Å². The van der Waals surface area contributed by atoms with Gasteiger partial charge in [0.2, 0.25) is 0 Å². The molecular formula is C44H42N4O6. The summed E-state index contributed by atoms with van der Waals surface area (Å²) in [5.41, 5.74) is 5.69. The van der Waals surface area contributed by atoms with Gasteiger partial charge in [0.1, 0.15) is 22.7 Å². The number of carbonyl (C=O) groups excluding carboxylic acids is 2. The van der Waals surface area contributed by atoms with Crippen molar-refractivity contribution in [3.8, 4) is 56.5 Å². The number of nitrogens with zero attached hydrogens (tertiary/aromatic N) is 4. The van der Waals surface area contributed by atoms with Crippen molar-refractivity contribution in [1.29, 1.82) is 0 Å². The van der Waals surface area contributed by atoms with Gasteiger partial charge >= 0.3 is 12.2 Å². The Hall–Kier alpha value is -6.42. The lowest BCUT2D eigenvalue weighted by Gasteiger charge is -2.21. The molecule has 0 aliphatic heterocycles. The maximum atomic E-state index is 13.1. The molecule has 0 aliphatic rings. The molecule has 7 aromatic rings. The SMILES string of the molecule is COc1c(-c2ccc3ccc4ccc(-c5cccc(-c6cccn6C(=O)OC(C)(C)C)c5OC)nc4c3n2)cccc1-c1cccn1C(=O)OC(C)(C)C. The van der Waals surface area contributed by atoms with Crippen molar-refractivity contribution in [3.05, 3.63) is 109 Å². The highest BCUT2D eigenvalue weighted by atomic mass is 16.6. The van der Waals surface area contributed by atoms with Crippen LogP contribution in [0.5, 0.6) is 11.5 Å². The minimum Gasteiger partial charge on any atom is -0.495 e. The van der Waals surface area contributed by atoms with Crippen molar-refractivity contribution in [1.82, 2.24) is 19.1 Å². The summed E-state index contributed by atoms with van der Waals surface area (Å²) in [4.78, 5) is 36.6. The third kappa shape index (κ3) is 6.90. The summed E-state index contributed by atoms with van der Waals surface area (Å²) in [5.74, 6) is 1.14. The van der Waals surface area contributed by atoms with Crippen molar-refractivity contribution in [2.45, 2.75) is 52.7 Å². The van der Waals surface area contributed by atoms with Gasteiger partial charge in [-0.2, -0.15) is 0 Å². The van der Waals surface area contributed by atoms with Crippen LogP contribution in [0.4, 0.5) is 9.59 Å². The molecule has 10 heteroatoms. The van der Waals surface area contributed by atoms with E-state index in [0.717, 1.165) is 33.0 Å². The summed E-state index contributed by atoms with van der Waals surface area (Å²) in [5, 5.41) is 1.83. The van der Waals surface area contributed by atoms with Crippen LogP contribution in [0.15, 0.2) is 109 Å². The van der Waals surface area contributed by atoms with E-state index in [-0.39, 0.29) is 0 Å². The molecule has 0 N–H and O–H groups in total. The molecule has 274 valence electrons. The lowest BCUT2D eigenvalue weighted by Crippen LogP contribution is -2.27. The number of rotatable bonds is 6. The van der Waals surface area contributed by atoms with Gasteiger partial charge in [0.25, 0.3) is 0 Å². The van der Waals surface area contributed by atoms with E-state index < -0.39 is 23.4 Å². The molecular weight excluding hydrogens is 681 g/mol. The number of hydrogen-bond donors (Lipinski definition) is 0. The average molecular weight is 723 g/mol. The van der Waals surface area contributed by atoms with Crippen LogP contribution in [0, 0.1) is 0 Å². The molecule has 0 aliphatic carbocycles. The molecule has 0 saturated heterocycles. The van der Waals surface area contributed by atoms with E-state index in [0.29, 0.717) is 45.3 Å². The van der Waals surface area contributed by atoms with Crippen LogP contribution < -0.4 is 9.47 Å². The number of hydrogen-bond acceptors (Lipinski definition) is 8. The average Bonchev–Trinajstić information content (AvgIpc) is 3.83. The van der Waals surface area contributed by atoms with Crippen LogP contribution in [-0.2, 0) is 9.47 Å². The third-order valence-electron chi connectivity index (χ3n) is 8.74. The molecule has 0 atom stereocenters. The first kappa shape index (κ1) is 36.0. The number of fused-ring (bicyclic) bond motifs is 3. The van der Waals surface area contributed by atoms with E-state index in [9.17, 15) is 9.59 Å². The predicted molar refractivity (Wildman–Crippen MR) is 211 cm³/mol. The van der Waals surface area contributed by atoms with E-state index in [2.05, 4.69) is 0 Å². The molecule has 4 aromatic heterocycles. The number of pyridine rings is 2. The number of ether oxygens (including phenoxy) is 4. The first-order chi connectivity index (χ1) is 25.8. The second kappa shape index (κ2) is 13.9. The molecule has 0 unspecified atom stereocenters. The van der Waals surface area contributed by atoms with Gasteiger partial charge in [0.05, 0.1) is 48.0 Å². The number of aromatic nitrogens is 4. The molecule has 4 heterocycles. The number of benzene rings is 3. The Labute approximate surface area is 313 Å². The molecule has 10 nitrogen and oxygen atoms in total. The van der Waals surface area contributed by atoms with Crippen LogP contribution in [0.1, 0.15) is 41.5 Å². The zero-order valence-corrected chi connectivity index (χ0v) is 31.6. The smallest absolute Gasteiger partial charge is 0.418 e. The molecule has 0 bridgehead atoms. The monoisotopic (exact) mass is 722 g/mol. The Kier molecular flexibility index (Phi) is 9.23. The highest BCUT2D eigenvalue weighted by Crippen LogP contribution is 2.41. The van der Waals surface area contributed by atoms with Crippen LogP contribution in [0.2, 0.25) is 0 Å². The van der Waals surface area contributed by atoms with Gasteiger partial charge in [-0.25, -0.2) is 19.6 Å². The Morgan fingerprint density at radius 1 is 0.500 bits per heavy atom. The second-order valence-corrected chi connectivity index (χ2v) is 14.9. The van der Waals surface area contributed by atoms with E-state index in [1.54, 1.807) is 38.7 Å². The lowest BCUT2D eigenvalue weighted by atomic mass is 10.0. The molecule has 0 spiro atoms. The highest BCUT2D eigenvalue weighted by Gasteiger charge is 2.25. The molecule has 0 radical (unpaired) electrons. The quantitative estimate of drug-likeness (QED) is 0.156. The minimum absolute atomic E-state index is 0.480. The summed E-state index contributed by atoms with van der Waals surface area (Å²) in [6.07, 6.45) is 2.41. The Bertz CT molecular complexity index is 2370. The first-order valence-electron chi connectivity index (χ1n) is 17.6. The van der Waals surface area contributed by atoms with E-state index >= 15 is 0 Å². The summed E-state index contributed by atoms with van der Waals surface area (Å²) in [7, 11) is 3.22. The molecule has 0 fully saturated rings. The van der Waals surface area contributed by atoms with Crippen molar-refractivity contribution >= 4 is 34.0 Å². The molecule has 0 amide bonds. The summed E-state index contributed by atoms with van der Waals surface area (Å²) in [6, 6.07) is 30.9. The second-order valence-electron chi connectivity index (χ2n) is 14.9. The summed E-state index contributed by atoms with van der Waals surface area (Å²) >= 11 is 0. The van der Waals surface area contributed by atoms with E-state index in [1.807, 2.05) is 126 Å². The van der Waals surface area contributed by atoms with E-state index in [1.165, 1.54) is 9.13 Å². The Balaban J connectivity index is 1.33. The van der Waals surface area contributed by atoms with Gasteiger partial charge in [0, 0.05) is 45.4 Å². The zero-order chi connectivity index (χ0) is 38.4. The van der Waals surface area contributed by atoms with Gasteiger partial charge in [-0.05, 0) is 102 Å². The summed E-state index contributed by atoms with van der Waals surface area (Å²) < 4.78 is 26.3.